The van der Waals surface area contributed by atoms with Gasteiger partial charge in [-0.05, 0) is 52.7 Å². The Labute approximate surface area is 100 Å². The first-order valence-corrected chi connectivity index (χ1v) is 6.20. The van der Waals surface area contributed by atoms with Crippen molar-refractivity contribution >= 4 is 33.9 Å². The van der Waals surface area contributed by atoms with Gasteiger partial charge in [-0.15, -0.1) is 11.3 Å². The van der Waals surface area contributed by atoms with Crippen LogP contribution in [-0.2, 0) is 0 Å². The van der Waals surface area contributed by atoms with E-state index in [2.05, 4.69) is 39.4 Å². The van der Waals surface area contributed by atoms with E-state index in [4.69, 9.17) is 4.42 Å². The summed E-state index contributed by atoms with van der Waals surface area (Å²) in [5.74, 6) is 0. The van der Waals surface area contributed by atoms with E-state index in [0.29, 0.717) is 0 Å². The van der Waals surface area contributed by atoms with E-state index in [9.17, 15) is 0 Å². The van der Waals surface area contributed by atoms with Gasteiger partial charge >= 0.3 is 0 Å². The molecule has 1 unspecified atom stereocenters. The molecule has 0 spiro atoms. The minimum atomic E-state index is 0.244. The average Bonchev–Trinajstić information content (AvgIpc) is 2.79. The van der Waals surface area contributed by atoms with Crippen LogP contribution in [0.25, 0.3) is 0 Å². The fourth-order valence-electron chi connectivity index (χ4n) is 1.44. The third kappa shape index (κ3) is 2.02. The van der Waals surface area contributed by atoms with Gasteiger partial charge in [-0.2, -0.15) is 0 Å². The summed E-state index contributed by atoms with van der Waals surface area (Å²) >= 11 is 4.10. The van der Waals surface area contributed by atoms with Gasteiger partial charge in [0.15, 0.2) is 0 Å². The van der Waals surface area contributed by atoms with E-state index in [1.54, 1.807) is 23.9 Å². The van der Waals surface area contributed by atoms with Crippen LogP contribution in [0.4, 0.5) is 0 Å². The standard InChI is InChI=1S/C10H10INOS/c1-12-10(7-2-3-13-5-7)8-4-9(11)14-6-8/h2-6,10,12H,1H3. The van der Waals surface area contributed by atoms with Crippen LogP contribution in [0.3, 0.4) is 0 Å². The second-order valence-electron chi connectivity index (χ2n) is 2.96. The summed E-state index contributed by atoms with van der Waals surface area (Å²) in [6.07, 6.45) is 3.49. The Balaban J connectivity index is 2.31. The quantitative estimate of drug-likeness (QED) is 0.879. The van der Waals surface area contributed by atoms with E-state index >= 15 is 0 Å². The number of nitrogens with one attached hydrogen (secondary N) is 1. The van der Waals surface area contributed by atoms with Gasteiger partial charge in [-0.3, -0.25) is 0 Å². The molecule has 14 heavy (non-hydrogen) atoms. The minimum Gasteiger partial charge on any atom is -0.472 e. The van der Waals surface area contributed by atoms with E-state index < -0.39 is 0 Å². The first-order chi connectivity index (χ1) is 6.81. The van der Waals surface area contributed by atoms with Crippen LogP contribution >= 0.6 is 33.9 Å². The summed E-state index contributed by atoms with van der Waals surface area (Å²) in [5, 5.41) is 5.45. The van der Waals surface area contributed by atoms with E-state index in [-0.39, 0.29) is 6.04 Å². The van der Waals surface area contributed by atoms with Gasteiger partial charge in [0.1, 0.15) is 0 Å². The fraction of sp³-hybridized carbons (Fsp3) is 0.200. The number of rotatable bonds is 3. The first kappa shape index (κ1) is 10.2. The SMILES string of the molecule is CNC(c1ccoc1)c1csc(I)c1. The number of hydrogen-bond acceptors (Lipinski definition) is 3. The van der Waals surface area contributed by atoms with Gasteiger partial charge in [0.05, 0.1) is 21.5 Å². The van der Waals surface area contributed by atoms with Gasteiger partial charge in [-0.1, -0.05) is 0 Å². The zero-order valence-corrected chi connectivity index (χ0v) is 10.6. The zero-order valence-electron chi connectivity index (χ0n) is 7.66. The van der Waals surface area contributed by atoms with Crippen LogP contribution in [0.2, 0.25) is 0 Å². The molecule has 0 aromatic carbocycles. The summed E-state index contributed by atoms with van der Waals surface area (Å²) in [4.78, 5) is 0. The molecule has 2 aromatic rings. The minimum absolute atomic E-state index is 0.244. The Hall–Kier alpha value is -0.330. The molecule has 0 amide bonds. The Morgan fingerprint density at radius 1 is 1.50 bits per heavy atom. The highest BCUT2D eigenvalue weighted by molar-refractivity contribution is 14.1. The Morgan fingerprint density at radius 3 is 2.86 bits per heavy atom. The second kappa shape index (κ2) is 4.46. The van der Waals surface area contributed by atoms with E-state index in [1.807, 2.05) is 13.1 Å². The van der Waals surface area contributed by atoms with Crippen LogP contribution in [0.15, 0.2) is 34.5 Å². The number of thiophene rings is 1. The van der Waals surface area contributed by atoms with Gasteiger partial charge in [0.25, 0.3) is 0 Å². The monoisotopic (exact) mass is 319 g/mol. The number of furan rings is 1. The Morgan fingerprint density at radius 2 is 2.36 bits per heavy atom. The van der Waals surface area contributed by atoms with Crippen LogP contribution in [0.1, 0.15) is 17.2 Å². The third-order valence-electron chi connectivity index (χ3n) is 2.09. The third-order valence-corrected chi connectivity index (χ3v) is 3.89. The van der Waals surface area contributed by atoms with Crippen molar-refractivity contribution in [3.63, 3.8) is 0 Å². The predicted molar refractivity (Wildman–Crippen MR) is 66.6 cm³/mol. The average molecular weight is 319 g/mol. The topological polar surface area (TPSA) is 25.2 Å². The van der Waals surface area contributed by atoms with Crippen LogP contribution < -0.4 is 5.32 Å². The van der Waals surface area contributed by atoms with Crippen molar-refractivity contribution in [1.29, 1.82) is 0 Å². The van der Waals surface area contributed by atoms with Gasteiger partial charge in [0, 0.05) is 5.56 Å². The van der Waals surface area contributed by atoms with Crippen molar-refractivity contribution in [3.8, 4) is 0 Å². The molecule has 0 aliphatic carbocycles. The lowest BCUT2D eigenvalue weighted by Crippen LogP contribution is -2.16. The lowest BCUT2D eigenvalue weighted by molar-refractivity contribution is 0.557. The molecule has 2 rings (SSSR count). The molecule has 0 bridgehead atoms. The maximum absolute atomic E-state index is 5.09. The maximum atomic E-state index is 5.09. The van der Waals surface area contributed by atoms with Crippen molar-refractivity contribution < 1.29 is 4.42 Å². The molecule has 0 saturated carbocycles. The molecular formula is C10H10INOS. The molecule has 1 N–H and O–H groups in total. The molecular weight excluding hydrogens is 309 g/mol. The second-order valence-corrected chi connectivity index (χ2v) is 5.77. The lowest BCUT2D eigenvalue weighted by atomic mass is 10.1. The zero-order chi connectivity index (χ0) is 9.97. The highest BCUT2D eigenvalue weighted by Crippen LogP contribution is 2.27. The smallest absolute Gasteiger partial charge is 0.0953 e. The molecule has 74 valence electrons. The van der Waals surface area contributed by atoms with Crippen LogP contribution in [0.5, 0.6) is 0 Å². The first-order valence-electron chi connectivity index (χ1n) is 4.24. The predicted octanol–water partition coefficient (Wildman–Crippen LogP) is 3.25. The van der Waals surface area contributed by atoms with Crippen molar-refractivity contribution in [2.24, 2.45) is 0 Å². The fourth-order valence-corrected chi connectivity index (χ4v) is 2.84. The van der Waals surface area contributed by atoms with Crippen molar-refractivity contribution in [1.82, 2.24) is 5.32 Å². The molecule has 2 aromatic heterocycles. The largest absolute Gasteiger partial charge is 0.472 e. The van der Waals surface area contributed by atoms with E-state index in [1.165, 1.54) is 14.0 Å². The Kier molecular flexibility index (Phi) is 3.25. The van der Waals surface area contributed by atoms with Gasteiger partial charge in [0.2, 0.25) is 0 Å². The number of hydrogen-bond donors (Lipinski definition) is 1. The van der Waals surface area contributed by atoms with E-state index in [0.717, 1.165) is 0 Å². The molecule has 0 fully saturated rings. The molecule has 4 heteroatoms. The normalized spacial score (nSPS) is 13.0. The molecule has 1 atom stereocenters. The molecule has 0 saturated heterocycles. The summed E-state index contributed by atoms with van der Waals surface area (Å²) in [5.41, 5.74) is 2.46. The molecule has 0 aliphatic rings. The summed E-state index contributed by atoms with van der Waals surface area (Å²) in [6.45, 7) is 0. The molecule has 0 radical (unpaired) electrons. The summed E-state index contributed by atoms with van der Waals surface area (Å²) < 4.78 is 6.39. The van der Waals surface area contributed by atoms with Crippen molar-refractivity contribution in [2.75, 3.05) is 7.05 Å². The van der Waals surface area contributed by atoms with Crippen molar-refractivity contribution in [3.05, 3.63) is 44.0 Å². The van der Waals surface area contributed by atoms with Gasteiger partial charge in [-0.25, -0.2) is 0 Å². The highest BCUT2D eigenvalue weighted by atomic mass is 127. The summed E-state index contributed by atoms with van der Waals surface area (Å²) in [6, 6.07) is 4.43. The molecule has 0 aliphatic heterocycles. The van der Waals surface area contributed by atoms with Crippen molar-refractivity contribution in [2.45, 2.75) is 6.04 Å². The van der Waals surface area contributed by atoms with Crippen LogP contribution in [0, 0.1) is 2.88 Å². The Bertz CT molecular complexity index is 396. The molecule has 2 nitrogen and oxygen atoms in total. The number of halogens is 1. The highest BCUT2D eigenvalue weighted by Gasteiger charge is 2.13. The summed E-state index contributed by atoms with van der Waals surface area (Å²) in [7, 11) is 1.96. The van der Waals surface area contributed by atoms with Crippen LogP contribution in [-0.4, -0.2) is 7.05 Å². The maximum Gasteiger partial charge on any atom is 0.0953 e. The van der Waals surface area contributed by atoms with Gasteiger partial charge < -0.3 is 9.73 Å². The molecule has 2 heterocycles. The lowest BCUT2D eigenvalue weighted by Gasteiger charge is -2.11.